The fourth-order valence-electron chi connectivity index (χ4n) is 3.29. The molecule has 0 aliphatic heterocycles. The molecule has 3 aromatic carbocycles. The van der Waals surface area contributed by atoms with Crippen LogP contribution in [-0.2, 0) is 6.61 Å². The SMILES string of the molecule is O=C(Nc1ccc(F)cc1)c1[nH]ncc1NC(=O)c1c(F)ccc(-c2cccc(CO)c2)c1F. The lowest BCUT2D eigenvalue weighted by Gasteiger charge is -2.11. The highest BCUT2D eigenvalue weighted by Crippen LogP contribution is 2.28. The molecule has 0 radical (unpaired) electrons. The van der Waals surface area contributed by atoms with Crippen molar-refractivity contribution >= 4 is 23.2 Å². The van der Waals surface area contributed by atoms with E-state index in [1.165, 1.54) is 24.3 Å². The highest BCUT2D eigenvalue weighted by atomic mass is 19.1. The average Bonchev–Trinajstić information content (AvgIpc) is 3.29. The van der Waals surface area contributed by atoms with Gasteiger partial charge in [0.15, 0.2) is 0 Å². The summed E-state index contributed by atoms with van der Waals surface area (Å²) in [5.41, 5.74) is -0.0286. The molecule has 0 spiro atoms. The van der Waals surface area contributed by atoms with Crippen LogP contribution in [0.5, 0.6) is 0 Å². The van der Waals surface area contributed by atoms with E-state index in [1.807, 2.05) is 0 Å². The number of H-pyrrole nitrogens is 1. The second-order valence-electron chi connectivity index (χ2n) is 7.22. The highest BCUT2D eigenvalue weighted by Gasteiger charge is 2.24. The van der Waals surface area contributed by atoms with E-state index in [9.17, 15) is 23.5 Å². The Labute approximate surface area is 191 Å². The van der Waals surface area contributed by atoms with Gasteiger partial charge in [0.25, 0.3) is 11.8 Å². The van der Waals surface area contributed by atoms with Crippen molar-refractivity contribution in [3.63, 3.8) is 0 Å². The first kappa shape index (κ1) is 22.7. The van der Waals surface area contributed by atoms with E-state index in [0.717, 1.165) is 24.4 Å². The van der Waals surface area contributed by atoms with Gasteiger partial charge in [0, 0.05) is 11.3 Å². The fourth-order valence-corrected chi connectivity index (χ4v) is 3.29. The summed E-state index contributed by atoms with van der Waals surface area (Å²) in [5, 5.41) is 20.2. The number of halogens is 3. The molecule has 4 rings (SSSR count). The monoisotopic (exact) mass is 466 g/mol. The van der Waals surface area contributed by atoms with Gasteiger partial charge in [-0.05, 0) is 53.6 Å². The van der Waals surface area contributed by atoms with E-state index in [-0.39, 0.29) is 29.2 Å². The predicted molar refractivity (Wildman–Crippen MR) is 119 cm³/mol. The summed E-state index contributed by atoms with van der Waals surface area (Å²) in [6, 6.07) is 13.4. The lowest BCUT2D eigenvalue weighted by atomic mass is 9.99. The van der Waals surface area contributed by atoms with Crippen LogP contribution in [0.25, 0.3) is 11.1 Å². The molecule has 1 aromatic heterocycles. The minimum absolute atomic E-state index is 0.0386. The molecule has 0 saturated carbocycles. The van der Waals surface area contributed by atoms with Gasteiger partial charge in [-0.15, -0.1) is 0 Å². The minimum atomic E-state index is -1.13. The maximum atomic E-state index is 15.2. The van der Waals surface area contributed by atoms with E-state index in [0.29, 0.717) is 11.1 Å². The molecule has 0 unspecified atom stereocenters. The number of hydrogen-bond donors (Lipinski definition) is 4. The number of aliphatic hydroxyl groups excluding tert-OH is 1. The molecule has 0 aliphatic rings. The first-order chi connectivity index (χ1) is 16.4. The van der Waals surface area contributed by atoms with Crippen LogP contribution in [0.1, 0.15) is 26.4 Å². The third-order valence-electron chi connectivity index (χ3n) is 4.96. The summed E-state index contributed by atoms with van der Waals surface area (Å²) in [5.74, 6) is -4.53. The van der Waals surface area contributed by atoms with Crippen molar-refractivity contribution in [2.45, 2.75) is 6.61 Å². The quantitative estimate of drug-likeness (QED) is 0.336. The molecule has 0 saturated heterocycles. The Bertz CT molecular complexity index is 1370. The fraction of sp³-hybridized carbons (Fsp3) is 0.0417. The van der Waals surface area contributed by atoms with Gasteiger partial charge in [-0.1, -0.05) is 18.2 Å². The van der Waals surface area contributed by atoms with Crippen molar-refractivity contribution in [1.29, 1.82) is 0 Å². The molecule has 2 amide bonds. The van der Waals surface area contributed by atoms with Crippen molar-refractivity contribution < 1.29 is 27.9 Å². The smallest absolute Gasteiger partial charge is 0.275 e. The maximum Gasteiger partial charge on any atom is 0.275 e. The number of aromatic amines is 1. The number of anilines is 2. The standard InChI is InChI=1S/C24H17F3N4O3/c25-15-4-6-16(7-5-15)29-24(34)22-19(11-28-31-22)30-23(33)20-18(26)9-8-17(21(20)27)14-3-1-2-13(10-14)12-32/h1-11,32H,12H2,(H,28,31)(H,29,34)(H,30,33). The number of aromatic nitrogens is 2. The van der Waals surface area contributed by atoms with Gasteiger partial charge in [0.1, 0.15) is 28.7 Å². The zero-order valence-corrected chi connectivity index (χ0v) is 17.4. The Morgan fingerprint density at radius 1 is 0.941 bits per heavy atom. The van der Waals surface area contributed by atoms with Gasteiger partial charge in [-0.2, -0.15) is 5.10 Å². The van der Waals surface area contributed by atoms with E-state index >= 15 is 4.39 Å². The van der Waals surface area contributed by atoms with E-state index in [1.54, 1.807) is 18.2 Å². The van der Waals surface area contributed by atoms with Crippen molar-refractivity contribution in [3.05, 3.63) is 101 Å². The number of carbonyl (C=O) groups excluding carboxylic acids is 2. The first-order valence-electron chi connectivity index (χ1n) is 9.97. The number of carbonyl (C=O) groups is 2. The predicted octanol–water partition coefficient (Wildman–Crippen LogP) is 4.49. The van der Waals surface area contributed by atoms with Crippen LogP contribution < -0.4 is 10.6 Å². The lowest BCUT2D eigenvalue weighted by Crippen LogP contribution is -2.20. The largest absolute Gasteiger partial charge is 0.392 e. The second kappa shape index (κ2) is 9.59. The van der Waals surface area contributed by atoms with E-state index < -0.39 is 34.8 Å². The van der Waals surface area contributed by atoms with Gasteiger partial charge in [0.2, 0.25) is 0 Å². The van der Waals surface area contributed by atoms with Crippen LogP contribution in [0.4, 0.5) is 24.5 Å². The zero-order valence-electron chi connectivity index (χ0n) is 17.4. The molecule has 0 fully saturated rings. The third kappa shape index (κ3) is 4.66. The summed E-state index contributed by atoms with van der Waals surface area (Å²) in [7, 11) is 0. The zero-order chi connectivity index (χ0) is 24.2. The van der Waals surface area contributed by atoms with Crippen LogP contribution in [-0.4, -0.2) is 27.1 Å². The van der Waals surface area contributed by atoms with Gasteiger partial charge in [-0.3, -0.25) is 14.7 Å². The Kier molecular flexibility index (Phi) is 6.42. The van der Waals surface area contributed by atoms with Gasteiger partial charge in [0.05, 0.1) is 18.5 Å². The maximum absolute atomic E-state index is 15.2. The Hall–Kier alpha value is -4.44. The third-order valence-corrected chi connectivity index (χ3v) is 4.96. The molecular weight excluding hydrogens is 449 g/mol. The number of nitrogens with one attached hydrogen (secondary N) is 3. The molecular formula is C24H17F3N4O3. The molecule has 172 valence electrons. The summed E-state index contributed by atoms with van der Waals surface area (Å²) in [4.78, 5) is 25.3. The molecule has 10 heteroatoms. The van der Waals surface area contributed by atoms with E-state index in [2.05, 4.69) is 20.8 Å². The van der Waals surface area contributed by atoms with Crippen molar-refractivity contribution in [2.75, 3.05) is 10.6 Å². The van der Waals surface area contributed by atoms with Crippen molar-refractivity contribution in [2.24, 2.45) is 0 Å². The summed E-state index contributed by atoms with van der Waals surface area (Å²) < 4.78 is 42.7. The molecule has 0 aliphatic carbocycles. The highest BCUT2D eigenvalue weighted by molar-refractivity contribution is 6.11. The number of aliphatic hydroxyl groups is 1. The van der Waals surface area contributed by atoms with Crippen LogP contribution >= 0.6 is 0 Å². The molecule has 0 bridgehead atoms. The van der Waals surface area contributed by atoms with Crippen molar-refractivity contribution in [3.8, 4) is 11.1 Å². The average molecular weight is 466 g/mol. The normalized spacial score (nSPS) is 10.7. The lowest BCUT2D eigenvalue weighted by molar-refractivity contribution is 0.101. The number of nitrogens with zero attached hydrogens (tertiary/aromatic N) is 1. The Morgan fingerprint density at radius 3 is 2.44 bits per heavy atom. The van der Waals surface area contributed by atoms with Crippen molar-refractivity contribution in [1.82, 2.24) is 10.2 Å². The molecule has 34 heavy (non-hydrogen) atoms. The van der Waals surface area contributed by atoms with Crippen LogP contribution in [0.2, 0.25) is 0 Å². The summed E-state index contributed by atoms with van der Waals surface area (Å²) in [6.45, 7) is -0.271. The molecule has 7 nitrogen and oxygen atoms in total. The Morgan fingerprint density at radius 2 is 1.71 bits per heavy atom. The van der Waals surface area contributed by atoms with Gasteiger partial charge < -0.3 is 15.7 Å². The second-order valence-corrected chi connectivity index (χ2v) is 7.22. The van der Waals surface area contributed by atoms with Gasteiger partial charge >= 0.3 is 0 Å². The Balaban J connectivity index is 1.60. The molecule has 4 aromatic rings. The number of benzene rings is 3. The summed E-state index contributed by atoms with van der Waals surface area (Å²) in [6.07, 6.45) is 1.11. The van der Waals surface area contributed by atoms with Crippen LogP contribution in [0.15, 0.2) is 66.9 Å². The summed E-state index contributed by atoms with van der Waals surface area (Å²) >= 11 is 0. The van der Waals surface area contributed by atoms with Gasteiger partial charge in [-0.25, -0.2) is 13.2 Å². The number of hydrogen-bond acceptors (Lipinski definition) is 4. The van der Waals surface area contributed by atoms with Crippen LogP contribution in [0.3, 0.4) is 0 Å². The molecule has 1 heterocycles. The number of amides is 2. The topological polar surface area (TPSA) is 107 Å². The van der Waals surface area contributed by atoms with E-state index in [4.69, 9.17) is 0 Å². The first-order valence-corrected chi connectivity index (χ1v) is 9.97. The number of rotatable bonds is 6. The minimum Gasteiger partial charge on any atom is -0.392 e. The van der Waals surface area contributed by atoms with Crippen LogP contribution in [0, 0.1) is 17.5 Å². The molecule has 4 N–H and O–H groups in total. The molecule has 0 atom stereocenters.